The third-order valence-corrected chi connectivity index (χ3v) is 5.87. The number of halogens is 2. The second-order valence-electron chi connectivity index (χ2n) is 6.12. The normalized spacial score (nSPS) is 14.8. The fraction of sp³-hybridized carbons (Fsp3) is 0.190. The summed E-state index contributed by atoms with van der Waals surface area (Å²) in [5, 5.41) is 0.00451. The van der Waals surface area contributed by atoms with Crippen molar-refractivity contribution in [3.05, 3.63) is 56.4 Å². The molecule has 7 nitrogen and oxygen atoms in total. The molecule has 1 fully saturated rings. The van der Waals surface area contributed by atoms with Crippen molar-refractivity contribution in [2.45, 2.75) is 6.92 Å². The predicted octanol–water partition coefficient (Wildman–Crippen LogP) is 5.29. The number of hydrogen-bond acceptors (Lipinski definition) is 7. The number of ether oxygens (including phenoxy) is 3. The van der Waals surface area contributed by atoms with Crippen LogP contribution < -0.4 is 14.4 Å². The predicted molar refractivity (Wildman–Crippen MR) is 123 cm³/mol. The summed E-state index contributed by atoms with van der Waals surface area (Å²) < 4.78 is 16.2. The summed E-state index contributed by atoms with van der Waals surface area (Å²) >= 11 is 10.3. The van der Waals surface area contributed by atoms with Crippen LogP contribution in [0.1, 0.15) is 12.5 Å². The largest absolute Gasteiger partial charge is 0.490 e. The molecule has 0 aliphatic carbocycles. The number of methoxy groups -OCH3 is 1. The number of esters is 1. The molecule has 1 aliphatic heterocycles. The van der Waals surface area contributed by atoms with Crippen molar-refractivity contribution in [1.82, 2.24) is 0 Å². The van der Waals surface area contributed by atoms with Crippen molar-refractivity contribution in [3.63, 3.8) is 0 Å². The number of rotatable bonds is 7. The maximum absolute atomic E-state index is 12.9. The minimum Gasteiger partial charge on any atom is -0.490 e. The van der Waals surface area contributed by atoms with Gasteiger partial charge in [-0.3, -0.25) is 9.59 Å². The van der Waals surface area contributed by atoms with E-state index >= 15 is 0 Å². The average molecular weight is 527 g/mol. The zero-order valence-corrected chi connectivity index (χ0v) is 19.7. The van der Waals surface area contributed by atoms with Crippen LogP contribution in [0.3, 0.4) is 0 Å². The number of amides is 2. The van der Waals surface area contributed by atoms with Crippen LogP contribution in [0.15, 0.2) is 45.8 Å². The summed E-state index contributed by atoms with van der Waals surface area (Å²) in [5.41, 5.74) is 1.00. The molecule has 0 unspecified atom stereocenters. The third-order valence-electron chi connectivity index (χ3n) is 4.08. The molecule has 10 heteroatoms. The summed E-state index contributed by atoms with van der Waals surface area (Å²) in [4.78, 5) is 38.0. The Labute approximate surface area is 196 Å². The molecule has 0 saturated carbocycles. The summed E-state index contributed by atoms with van der Waals surface area (Å²) in [6.45, 7) is 1.89. The number of hydrogen-bond donors (Lipinski definition) is 0. The monoisotopic (exact) mass is 525 g/mol. The van der Waals surface area contributed by atoms with Crippen LogP contribution in [-0.2, 0) is 14.3 Å². The van der Waals surface area contributed by atoms with Crippen LogP contribution in [0.4, 0.5) is 10.5 Å². The fourth-order valence-electron chi connectivity index (χ4n) is 2.68. The van der Waals surface area contributed by atoms with Crippen LogP contribution in [0.25, 0.3) is 6.08 Å². The molecule has 2 aromatic rings. The Bertz CT molecular complexity index is 1070. The van der Waals surface area contributed by atoms with Gasteiger partial charge in [0, 0.05) is 9.50 Å². The molecule has 162 valence electrons. The minimum absolute atomic E-state index is 0.247. The van der Waals surface area contributed by atoms with E-state index in [2.05, 4.69) is 20.7 Å². The first-order valence-electron chi connectivity index (χ1n) is 9.03. The highest BCUT2D eigenvalue weighted by atomic mass is 79.9. The molecular weight excluding hydrogens is 510 g/mol. The van der Waals surface area contributed by atoms with E-state index in [1.54, 1.807) is 42.5 Å². The number of nitrogens with zero attached hydrogens (tertiary/aromatic N) is 1. The zero-order chi connectivity index (χ0) is 22.5. The van der Waals surface area contributed by atoms with Gasteiger partial charge >= 0.3 is 5.97 Å². The van der Waals surface area contributed by atoms with Crippen molar-refractivity contribution >= 4 is 68.2 Å². The summed E-state index contributed by atoms with van der Waals surface area (Å²) in [6.07, 6.45) is 1.59. The van der Waals surface area contributed by atoms with Gasteiger partial charge in [-0.2, -0.15) is 0 Å². The molecule has 0 aromatic heterocycles. The summed E-state index contributed by atoms with van der Waals surface area (Å²) in [7, 11) is 1.27. The third kappa shape index (κ3) is 5.41. The van der Waals surface area contributed by atoms with Gasteiger partial charge in [0.25, 0.3) is 11.1 Å². The van der Waals surface area contributed by atoms with Crippen molar-refractivity contribution in [2.24, 2.45) is 0 Å². The quantitative estimate of drug-likeness (QED) is 0.358. The van der Waals surface area contributed by atoms with Gasteiger partial charge in [-0.25, -0.2) is 9.69 Å². The smallest absolute Gasteiger partial charge is 0.343 e. The van der Waals surface area contributed by atoms with Gasteiger partial charge in [-0.05, 0) is 60.7 Å². The molecule has 0 spiro atoms. The first-order chi connectivity index (χ1) is 14.8. The molecular formula is C21H17BrClNO6S. The number of benzene rings is 2. The molecule has 1 aliphatic rings. The van der Waals surface area contributed by atoms with E-state index in [-0.39, 0.29) is 11.5 Å². The molecule has 0 atom stereocenters. The van der Waals surface area contributed by atoms with Crippen LogP contribution in [0.2, 0.25) is 5.02 Å². The summed E-state index contributed by atoms with van der Waals surface area (Å²) in [5.74, 6) is -0.260. The standard InChI is InChI=1S/C21H17BrClNO6S/c1-3-29-16-7-12(15(22)10-17(16)30-11-19(25)28-2)8-18-20(26)24(21(27)31-18)14-6-4-5-13(23)9-14/h4-10H,3,11H2,1-2H3/b18-8+. The Morgan fingerprint density at radius 3 is 2.61 bits per heavy atom. The molecule has 3 rings (SSSR count). The molecule has 0 bridgehead atoms. The minimum atomic E-state index is -0.530. The van der Waals surface area contributed by atoms with Crippen molar-refractivity contribution in [3.8, 4) is 11.5 Å². The highest BCUT2D eigenvalue weighted by Gasteiger charge is 2.36. The first kappa shape index (κ1) is 23.2. The van der Waals surface area contributed by atoms with Crippen molar-refractivity contribution in [2.75, 3.05) is 25.2 Å². The Hall–Kier alpha value is -2.49. The maximum atomic E-state index is 12.9. The fourth-order valence-corrected chi connectivity index (χ4v) is 4.14. The van der Waals surface area contributed by atoms with Crippen LogP contribution in [0, 0.1) is 0 Å². The van der Waals surface area contributed by atoms with Gasteiger partial charge in [0.2, 0.25) is 0 Å². The van der Waals surface area contributed by atoms with Gasteiger partial charge in [0.15, 0.2) is 18.1 Å². The number of carbonyl (C=O) groups is 3. The Kier molecular flexibility index (Phi) is 7.64. The lowest BCUT2D eigenvalue weighted by Gasteiger charge is -2.14. The van der Waals surface area contributed by atoms with Crippen LogP contribution >= 0.6 is 39.3 Å². The lowest BCUT2D eigenvalue weighted by atomic mass is 10.1. The van der Waals surface area contributed by atoms with E-state index < -0.39 is 17.1 Å². The van der Waals surface area contributed by atoms with E-state index in [1.165, 1.54) is 7.11 Å². The Balaban J connectivity index is 1.91. The van der Waals surface area contributed by atoms with E-state index in [0.717, 1.165) is 16.7 Å². The SMILES string of the molecule is CCOc1cc(/C=C2/SC(=O)N(c3cccc(Cl)c3)C2=O)c(Br)cc1OCC(=O)OC. The molecule has 0 radical (unpaired) electrons. The second kappa shape index (κ2) is 10.2. The van der Waals surface area contributed by atoms with E-state index in [0.29, 0.717) is 38.9 Å². The molecule has 2 amide bonds. The molecule has 1 heterocycles. The summed E-state index contributed by atoms with van der Waals surface area (Å²) in [6, 6.07) is 9.81. The number of anilines is 1. The highest BCUT2D eigenvalue weighted by Crippen LogP contribution is 2.39. The topological polar surface area (TPSA) is 82.1 Å². The number of thioether (sulfide) groups is 1. The van der Waals surface area contributed by atoms with Crippen LogP contribution in [-0.4, -0.2) is 37.4 Å². The van der Waals surface area contributed by atoms with E-state index in [1.807, 2.05) is 6.92 Å². The van der Waals surface area contributed by atoms with Gasteiger partial charge in [-0.15, -0.1) is 0 Å². The molecule has 1 saturated heterocycles. The van der Waals surface area contributed by atoms with Gasteiger partial charge in [0.1, 0.15) is 0 Å². The number of imide groups is 1. The highest BCUT2D eigenvalue weighted by molar-refractivity contribution is 9.10. The Morgan fingerprint density at radius 2 is 1.94 bits per heavy atom. The maximum Gasteiger partial charge on any atom is 0.343 e. The second-order valence-corrected chi connectivity index (χ2v) is 8.40. The Morgan fingerprint density at radius 1 is 1.19 bits per heavy atom. The number of carbonyl (C=O) groups excluding carboxylic acids is 3. The van der Waals surface area contributed by atoms with E-state index in [9.17, 15) is 14.4 Å². The lowest BCUT2D eigenvalue weighted by molar-refractivity contribution is -0.142. The molecule has 2 aromatic carbocycles. The van der Waals surface area contributed by atoms with Crippen molar-refractivity contribution < 1.29 is 28.6 Å². The molecule has 0 N–H and O–H groups in total. The van der Waals surface area contributed by atoms with Crippen LogP contribution in [0.5, 0.6) is 11.5 Å². The van der Waals surface area contributed by atoms with Gasteiger partial charge in [-0.1, -0.05) is 33.6 Å². The van der Waals surface area contributed by atoms with E-state index in [4.69, 9.17) is 21.1 Å². The van der Waals surface area contributed by atoms with Gasteiger partial charge < -0.3 is 14.2 Å². The van der Waals surface area contributed by atoms with Gasteiger partial charge in [0.05, 0.1) is 24.3 Å². The first-order valence-corrected chi connectivity index (χ1v) is 11.0. The van der Waals surface area contributed by atoms with Crippen molar-refractivity contribution in [1.29, 1.82) is 0 Å². The average Bonchev–Trinajstić information content (AvgIpc) is 3.01. The molecule has 31 heavy (non-hydrogen) atoms. The zero-order valence-electron chi connectivity index (χ0n) is 16.5. The lowest BCUT2D eigenvalue weighted by Crippen LogP contribution is -2.27.